The highest BCUT2D eigenvalue weighted by Crippen LogP contribution is 2.25. The quantitative estimate of drug-likeness (QED) is 0.535. The van der Waals surface area contributed by atoms with E-state index in [-0.39, 0.29) is 10.9 Å². The second-order valence-corrected chi connectivity index (χ2v) is 6.58. The highest BCUT2D eigenvalue weighted by Gasteiger charge is 2.13. The molecule has 0 spiro atoms. The van der Waals surface area contributed by atoms with Crippen LogP contribution in [0.15, 0.2) is 36.4 Å². The molecule has 21 heavy (non-hydrogen) atoms. The molecule has 2 aromatic rings. The molecule has 0 saturated heterocycles. The summed E-state index contributed by atoms with van der Waals surface area (Å²) in [6, 6.07) is 10.1. The Morgan fingerprint density at radius 2 is 1.90 bits per heavy atom. The van der Waals surface area contributed by atoms with Crippen LogP contribution in [0, 0.1) is 3.57 Å². The van der Waals surface area contributed by atoms with Crippen molar-refractivity contribution in [3.05, 3.63) is 61.1 Å². The van der Waals surface area contributed by atoms with Crippen molar-refractivity contribution < 1.29 is 4.79 Å². The van der Waals surface area contributed by atoms with Crippen molar-refractivity contribution >= 4 is 74.6 Å². The zero-order chi connectivity index (χ0) is 15.6. The lowest BCUT2D eigenvalue weighted by Crippen LogP contribution is -2.14. The zero-order valence-corrected chi connectivity index (χ0v) is 15.0. The maximum Gasteiger partial charge on any atom is 0.256 e. The summed E-state index contributed by atoms with van der Waals surface area (Å²) >= 11 is 19.0. The standard InChI is InChI=1S/C14H9Cl2IN2OS/c15-8-2-3-11(17)9(6-8)14(20)19-12-4-1-7(13(18)21)5-10(12)16/h1-6H,(H2,18,21)(H,19,20). The van der Waals surface area contributed by atoms with Gasteiger partial charge in [0.2, 0.25) is 0 Å². The van der Waals surface area contributed by atoms with Crippen molar-refractivity contribution in [1.29, 1.82) is 0 Å². The van der Waals surface area contributed by atoms with Crippen molar-refractivity contribution in [3.63, 3.8) is 0 Å². The number of anilines is 1. The van der Waals surface area contributed by atoms with E-state index in [0.29, 0.717) is 26.9 Å². The third-order valence-electron chi connectivity index (χ3n) is 2.67. The van der Waals surface area contributed by atoms with Crippen LogP contribution in [-0.4, -0.2) is 10.9 Å². The second kappa shape index (κ2) is 6.91. The monoisotopic (exact) mass is 450 g/mol. The highest BCUT2D eigenvalue weighted by molar-refractivity contribution is 14.1. The molecule has 0 unspecified atom stereocenters. The first kappa shape index (κ1) is 16.5. The van der Waals surface area contributed by atoms with Crippen LogP contribution in [0.2, 0.25) is 10.0 Å². The fourth-order valence-corrected chi connectivity index (χ4v) is 2.74. The molecule has 108 valence electrons. The van der Waals surface area contributed by atoms with Crippen LogP contribution >= 0.6 is 58.0 Å². The van der Waals surface area contributed by atoms with Gasteiger partial charge in [0.15, 0.2) is 0 Å². The van der Waals surface area contributed by atoms with E-state index in [1.54, 1.807) is 36.4 Å². The fraction of sp³-hybridized carbons (Fsp3) is 0. The number of halogens is 3. The largest absolute Gasteiger partial charge is 0.389 e. The fourth-order valence-electron chi connectivity index (χ4n) is 1.63. The summed E-state index contributed by atoms with van der Waals surface area (Å²) in [6.07, 6.45) is 0. The Hall–Kier alpha value is -0.890. The van der Waals surface area contributed by atoms with E-state index < -0.39 is 0 Å². The minimum atomic E-state index is -0.285. The molecule has 2 rings (SSSR count). The minimum absolute atomic E-state index is 0.249. The van der Waals surface area contributed by atoms with Crippen LogP contribution in [0.1, 0.15) is 15.9 Å². The third-order valence-corrected chi connectivity index (χ3v) is 4.40. The third kappa shape index (κ3) is 4.06. The van der Waals surface area contributed by atoms with Gasteiger partial charge in [-0.3, -0.25) is 4.79 Å². The van der Waals surface area contributed by atoms with Crippen molar-refractivity contribution in [3.8, 4) is 0 Å². The highest BCUT2D eigenvalue weighted by atomic mass is 127. The lowest BCUT2D eigenvalue weighted by atomic mass is 10.2. The Bertz CT molecular complexity index is 737. The van der Waals surface area contributed by atoms with Gasteiger partial charge >= 0.3 is 0 Å². The van der Waals surface area contributed by atoms with Crippen molar-refractivity contribution in [2.24, 2.45) is 5.73 Å². The van der Waals surface area contributed by atoms with Gasteiger partial charge in [0.05, 0.1) is 16.3 Å². The maximum absolute atomic E-state index is 12.3. The Labute approximate surface area is 150 Å². The second-order valence-electron chi connectivity index (χ2n) is 4.14. The van der Waals surface area contributed by atoms with Gasteiger partial charge in [-0.1, -0.05) is 35.4 Å². The Balaban J connectivity index is 2.27. The first-order valence-electron chi connectivity index (χ1n) is 5.74. The van der Waals surface area contributed by atoms with E-state index in [1.807, 2.05) is 0 Å². The van der Waals surface area contributed by atoms with Crippen LogP contribution in [-0.2, 0) is 0 Å². The Kier molecular flexibility index (Phi) is 5.43. The van der Waals surface area contributed by atoms with Crippen molar-refractivity contribution in [1.82, 2.24) is 0 Å². The van der Waals surface area contributed by atoms with E-state index in [0.717, 1.165) is 3.57 Å². The molecule has 0 aliphatic heterocycles. The predicted molar refractivity (Wildman–Crippen MR) is 99.5 cm³/mol. The van der Waals surface area contributed by atoms with Gasteiger partial charge < -0.3 is 11.1 Å². The average molecular weight is 451 g/mol. The van der Waals surface area contributed by atoms with Gasteiger partial charge in [0, 0.05) is 14.2 Å². The summed E-state index contributed by atoms with van der Waals surface area (Å²) in [4.78, 5) is 12.5. The van der Waals surface area contributed by atoms with Crippen LogP contribution in [0.5, 0.6) is 0 Å². The molecule has 0 fully saturated rings. The molecule has 0 atom stereocenters. The summed E-state index contributed by atoms with van der Waals surface area (Å²) in [6.45, 7) is 0. The number of carbonyl (C=O) groups is 1. The van der Waals surface area contributed by atoms with Gasteiger partial charge in [-0.2, -0.15) is 0 Å². The van der Waals surface area contributed by atoms with E-state index >= 15 is 0 Å². The number of hydrogen-bond acceptors (Lipinski definition) is 2. The van der Waals surface area contributed by atoms with Gasteiger partial charge in [-0.25, -0.2) is 0 Å². The van der Waals surface area contributed by atoms with Gasteiger partial charge in [-0.05, 0) is 59.0 Å². The molecule has 0 saturated carbocycles. The SMILES string of the molecule is NC(=S)c1ccc(NC(=O)c2cc(Cl)ccc2I)c(Cl)c1. The molecule has 2 aromatic carbocycles. The molecule has 0 heterocycles. The van der Waals surface area contributed by atoms with Crippen LogP contribution in [0.3, 0.4) is 0 Å². The maximum atomic E-state index is 12.3. The number of carbonyl (C=O) groups excluding carboxylic acids is 1. The average Bonchev–Trinajstić information content (AvgIpc) is 2.43. The van der Waals surface area contributed by atoms with Crippen molar-refractivity contribution in [2.75, 3.05) is 5.32 Å². The Morgan fingerprint density at radius 3 is 2.52 bits per heavy atom. The lowest BCUT2D eigenvalue weighted by molar-refractivity contribution is 0.102. The van der Waals surface area contributed by atoms with E-state index in [4.69, 9.17) is 41.2 Å². The molecule has 3 nitrogen and oxygen atoms in total. The van der Waals surface area contributed by atoms with Gasteiger partial charge in [0.1, 0.15) is 4.99 Å². The first-order valence-corrected chi connectivity index (χ1v) is 7.98. The number of benzene rings is 2. The first-order chi connectivity index (χ1) is 9.88. The lowest BCUT2D eigenvalue weighted by Gasteiger charge is -2.10. The van der Waals surface area contributed by atoms with Crippen LogP contribution in [0.25, 0.3) is 0 Å². The molecular weight excluding hydrogens is 442 g/mol. The van der Waals surface area contributed by atoms with Gasteiger partial charge in [0.25, 0.3) is 5.91 Å². The summed E-state index contributed by atoms with van der Waals surface area (Å²) < 4.78 is 0.797. The normalized spacial score (nSPS) is 10.2. The molecule has 0 radical (unpaired) electrons. The molecular formula is C14H9Cl2IN2OS. The Morgan fingerprint density at radius 1 is 1.19 bits per heavy atom. The number of nitrogens with one attached hydrogen (secondary N) is 1. The summed E-state index contributed by atoms with van der Waals surface area (Å²) in [5.41, 5.74) is 7.14. The van der Waals surface area contributed by atoms with E-state index in [9.17, 15) is 4.79 Å². The minimum Gasteiger partial charge on any atom is -0.389 e. The van der Waals surface area contributed by atoms with Crippen LogP contribution in [0.4, 0.5) is 5.69 Å². The predicted octanol–water partition coefficient (Wildman–Crippen LogP) is 4.48. The topological polar surface area (TPSA) is 55.1 Å². The van der Waals surface area contributed by atoms with Crippen LogP contribution < -0.4 is 11.1 Å². The number of thiocarbonyl (C=S) groups is 1. The van der Waals surface area contributed by atoms with Gasteiger partial charge in [-0.15, -0.1) is 0 Å². The molecule has 0 bridgehead atoms. The molecule has 0 aromatic heterocycles. The smallest absolute Gasteiger partial charge is 0.256 e. The number of hydrogen-bond donors (Lipinski definition) is 2. The summed E-state index contributed by atoms with van der Waals surface area (Å²) in [5, 5.41) is 3.60. The summed E-state index contributed by atoms with van der Waals surface area (Å²) in [5.74, 6) is -0.285. The van der Waals surface area contributed by atoms with Crippen molar-refractivity contribution in [2.45, 2.75) is 0 Å². The zero-order valence-electron chi connectivity index (χ0n) is 10.5. The number of rotatable bonds is 3. The molecule has 0 aliphatic carbocycles. The molecule has 1 amide bonds. The molecule has 7 heteroatoms. The number of nitrogens with two attached hydrogens (primary N) is 1. The number of amides is 1. The van der Waals surface area contributed by atoms with E-state index in [2.05, 4.69) is 27.9 Å². The molecule has 0 aliphatic rings. The summed E-state index contributed by atoms with van der Waals surface area (Å²) in [7, 11) is 0. The van der Waals surface area contributed by atoms with E-state index in [1.165, 1.54) is 0 Å². The molecule has 3 N–H and O–H groups in total.